The van der Waals surface area contributed by atoms with Gasteiger partial charge in [-0.2, -0.15) is 0 Å². The Morgan fingerprint density at radius 1 is 1.08 bits per heavy atom. The van der Waals surface area contributed by atoms with Gasteiger partial charge in [0, 0.05) is 18.5 Å². The Balaban J connectivity index is 1.81. The lowest BCUT2D eigenvalue weighted by Gasteiger charge is -2.11. The Kier molecular flexibility index (Phi) is 6.11. The van der Waals surface area contributed by atoms with Gasteiger partial charge in [-0.1, -0.05) is 12.1 Å². The quantitative estimate of drug-likeness (QED) is 0.664. The first-order valence-electron chi connectivity index (χ1n) is 7.43. The average Bonchev–Trinajstić information content (AvgIpc) is 2.55. The summed E-state index contributed by atoms with van der Waals surface area (Å²) in [5.74, 6) is -0.978. The zero-order chi connectivity index (χ0) is 18.4. The van der Waals surface area contributed by atoms with E-state index >= 15 is 0 Å². The van der Waals surface area contributed by atoms with Crippen LogP contribution in [-0.4, -0.2) is 37.4 Å². The van der Waals surface area contributed by atoms with Gasteiger partial charge in [-0.25, -0.2) is 13.2 Å². The largest absolute Gasteiger partial charge is 0.478 e. The monoisotopic (exact) mass is 378 g/mol. The molecule has 0 amide bonds. The Labute approximate surface area is 151 Å². The van der Waals surface area contributed by atoms with Gasteiger partial charge >= 0.3 is 5.97 Å². The number of anilines is 1. The molecule has 132 valence electrons. The summed E-state index contributed by atoms with van der Waals surface area (Å²) < 4.78 is 22.8. The fraction of sp³-hybridized carbons (Fsp3) is 0.176. The third-order valence-corrected chi connectivity index (χ3v) is 4.82. The van der Waals surface area contributed by atoms with Gasteiger partial charge in [-0.3, -0.25) is 0 Å². The maximum absolute atomic E-state index is 11.4. The number of thiocarbonyl (C=S) groups is 1. The molecule has 0 spiro atoms. The minimum Gasteiger partial charge on any atom is -0.478 e. The van der Waals surface area contributed by atoms with Gasteiger partial charge in [0.1, 0.15) is 0 Å². The third-order valence-electron chi connectivity index (χ3n) is 3.44. The molecule has 0 aliphatic rings. The van der Waals surface area contributed by atoms with Crippen LogP contribution in [0.15, 0.2) is 53.4 Å². The van der Waals surface area contributed by atoms with E-state index in [2.05, 4.69) is 10.6 Å². The summed E-state index contributed by atoms with van der Waals surface area (Å²) in [4.78, 5) is 11.1. The van der Waals surface area contributed by atoms with Crippen molar-refractivity contribution in [3.8, 4) is 0 Å². The van der Waals surface area contributed by atoms with Crippen LogP contribution in [0, 0.1) is 0 Å². The van der Waals surface area contributed by atoms with Crippen LogP contribution in [0.1, 0.15) is 15.9 Å². The highest BCUT2D eigenvalue weighted by Gasteiger charge is 2.06. The second-order valence-electron chi connectivity index (χ2n) is 5.43. The molecule has 0 radical (unpaired) electrons. The molecular formula is C17H18N2O4S2. The number of nitrogens with one attached hydrogen (secondary N) is 2. The SMILES string of the molecule is CS(=O)(=O)c1ccc(CCNC(=S)Nc2ccc(C(=O)O)cc2)cc1. The number of carbonyl (C=O) groups is 1. The van der Waals surface area contributed by atoms with Crippen LogP contribution < -0.4 is 10.6 Å². The Bertz CT molecular complexity index is 861. The summed E-state index contributed by atoms with van der Waals surface area (Å²) in [5.41, 5.74) is 1.90. The van der Waals surface area contributed by atoms with Crippen molar-refractivity contribution < 1.29 is 18.3 Å². The van der Waals surface area contributed by atoms with Crippen LogP contribution in [0.4, 0.5) is 5.69 Å². The number of carboxylic acids is 1. The molecule has 0 bridgehead atoms. The van der Waals surface area contributed by atoms with E-state index in [0.717, 1.165) is 5.56 Å². The number of hydrogen-bond acceptors (Lipinski definition) is 4. The zero-order valence-corrected chi connectivity index (χ0v) is 15.2. The van der Waals surface area contributed by atoms with E-state index in [1.165, 1.54) is 18.4 Å². The van der Waals surface area contributed by atoms with E-state index in [1.807, 2.05) is 0 Å². The molecule has 2 aromatic carbocycles. The van der Waals surface area contributed by atoms with Crippen molar-refractivity contribution in [2.75, 3.05) is 18.1 Å². The van der Waals surface area contributed by atoms with Crippen LogP contribution in [0.2, 0.25) is 0 Å². The highest BCUT2D eigenvalue weighted by molar-refractivity contribution is 7.90. The highest BCUT2D eigenvalue weighted by atomic mass is 32.2. The van der Waals surface area contributed by atoms with Crippen LogP contribution >= 0.6 is 12.2 Å². The molecule has 0 saturated heterocycles. The summed E-state index contributed by atoms with van der Waals surface area (Å²) >= 11 is 5.19. The molecule has 2 rings (SSSR count). The molecule has 8 heteroatoms. The molecule has 0 aromatic heterocycles. The van der Waals surface area contributed by atoms with Gasteiger partial charge < -0.3 is 15.7 Å². The molecule has 0 saturated carbocycles. The number of carboxylic acid groups (broad SMARTS) is 1. The molecule has 0 aliphatic carbocycles. The van der Waals surface area contributed by atoms with E-state index in [1.54, 1.807) is 36.4 Å². The van der Waals surface area contributed by atoms with Crippen LogP contribution in [0.5, 0.6) is 0 Å². The van der Waals surface area contributed by atoms with Crippen molar-refractivity contribution in [3.63, 3.8) is 0 Å². The van der Waals surface area contributed by atoms with Gasteiger partial charge in [0.15, 0.2) is 14.9 Å². The molecule has 0 atom stereocenters. The lowest BCUT2D eigenvalue weighted by atomic mass is 10.1. The minimum atomic E-state index is -3.18. The van der Waals surface area contributed by atoms with Gasteiger partial charge in [0.25, 0.3) is 0 Å². The van der Waals surface area contributed by atoms with Crippen molar-refractivity contribution in [1.82, 2.24) is 5.32 Å². The number of benzene rings is 2. The van der Waals surface area contributed by atoms with E-state index in [9.17, 15) is 13.2 Å². The molecular weight excluding hydrogens is 360 g/mol. The first kappa shape index (κ1) is 18.9. The summed E-state index contributed by atoms with van der Waals surface area (Å²) in [6.45, 7) is 0.581. The smallest absolute Gasteiger partial charge is 0.335 e. The summed E-state index contributed by atoms with van der Waals surface area (Å²) in [7, 11) is -3.18. The van der Waals surface area contributed by atoms with E-state index in [-0.39, 0.29) is 5.56 Å². The topological polar surface area (TPSA) is 95.5 Å². The summed E-state index contributed by atoms with van der Waals surface area (Å²) in [6.07, 6.45) is 1.86. The predicted molar refractivity (Wildman–Crippen MR) is 101 cm³/mol. The van der Waals surface area contributed by atoms with E-state index in [0.29, 0.717) is 28.7 Å². The number of rotatable bonds is 6. The standard InChI is InChI=1S/C17H18N2O4S2/c1-25(22,23)15-8-2-12(3-9-15)10-11-18-17(24)19-14-6-4-13(5-7-14)16(20)21/h2-9H,10-11H2,1H3,(H,20,21)(H2,18,19,24). The molecule has 6 nitrogen and oxygen atoms in total. The van der Waals surface area contributed by atoms with E-state index in [4.69, 9.17) is 17.3 Å². The number of hydrogen-bond donors (Lipinski definition) is 3. The highest BCUT2D eigenvalue weighted by Crippen LogP contribution is 2.11. The maximum atomic E-state index is 11.4. The molecule has 0 unspecified atom stereocenters. The lowest BCUT2D eigenvalue weighted by molar-refractivity contribution is 0.0697. The Hall–Kier alpha value is -2.45. The molecule has 0 heterocycles. The Morgan fingerprint density at radius 2 is 1.68 bits per heavy atom. The number of sulfone groups is 1. The fourth-order valence-corrected chi connectivity index (χ4v) is 2.95. The second-order valence-corrected chi connectivity index (χ2v) is 7.85. The molecule has 0 fully saturated rings. The van der Waals surface area contributed by atoms with Gasteiger partial charge in [-0.15, -0.1) is 0 Å². The van der Waals surface area contributed by atoms with Gasteiger partial charge in [-0.05, 0) is 60.6 Å². The van der Waals surface area contributed by atoms with Crippen molar-refractivity contribution >= 4 is 38.8 Å². The first-order chi connectivity index (χ1) is 11.8. The lowest BCUT2D eigenvalue weighted by Crippen LogP contribution is -2.30. The van der Waals surface area contributed by atoms with Crippen LogP contribution in [0.3, 0.4) is 0 Å². The molecule has 2 aromatic rings. The van der Waals surface area contributed by atoms with Gasteiger partial charge in [0.05, 0.1) is 10.5 Å². The predicted octanol–water partition coefficient (Wildman–Crippen LogP) is 2.32. The fourth-order valence-electron chi connectivity index (χ4n) is 2.10. The minimum absolute atomic E-state index is 0.210. The normalized spacial score (nSPS) is 10.9. The number of aromatic carboxylic acids is 1. The van der Waals surface area contributed by atoms with E-state index < -0.39 is 15.8 Å². The van der Waals surface area contributed by atoms with Gasteiger partial charge in [0.2, 0.25) is 0 Å². The van der Waals surface area contributed by atoms with Crippen LogP contribution in [0.25, 0.3) is 0 Å². The summed E-state index contributed by atoms with van der Waals surface area (Å²) in [6, 6.07) is 13.0. The van der Waals surface area contributed by atoms with Crippen molar-refractivity contribution in [3.05, 3.63) is 59.7 Å². The maximum Gasteiger partial charge on any atom is 0.335 e. The summed E-state index contributed by atoms with van der Waals surface area (Å²) in [5, 5.41) is 15.3. The van der Waals surface area contributed by atoms with Crippen molar-refractivity contribution in [2.45, 2.75) is 11.3 Å². The molecule has 3 N–H and O–H groups in total. The molecule has 0 aliphatic heterocycles. The third kappa shape index (κ3) is 5.84. The average molecular weight is 378 g/mol. The Morgan fingerprint density at radius 3 is 2.20 bits per heavy atom. The second kappa shape index (κ2) is 8.09. The van der Waals surface area contributed by atoms with Crippen molar-refractivity contribution in [2.24, 2.45) is 0 Å². The van der Waals surface area contributed by atoms with Crippen LogP contribution in [-0.2, 0) is 16.3 Å². The molecule has 25 heavy (non-hydrogen) atoms. The zero-order valence-electron chi connectivity index (χ0n) is 13.5. The van der Waals surface area contributed by atoms with Crippen molar-refractivity contribution in [1.29, 1.82) is 0 Å². The first-order valence-corrected chi connectivity index (χ1v) is 9.73.